The van der Waals surface area contributed by atoms with E-state index in [0.717, 1.165) is 0 Å². The van der Waals surface area contributed by atoms with Gasteiger partial charge in [0.2, 0.25) is 0 Å². The van der Waals surface area contributed by atoms with Crippen molar-refractivity contribution in [3.8, 4) is 11.8 Å². The number of alkyl halides is 2. The van der Waals surface area contributed by atoms with Gasteiger partial charge < -0.3 is 15.2 Å². The maximum Gasteiger partial charge on any atom is 0.287 e. The zero-order valence-electron chi connectivity index (χ0n) is 10.8. The zero-order chi connectivity index (χ0) is 15.2. The lowest BCUT2D eigenvalue weighted by Gasteiger charge is -2.17. The molecule has 108 valence electrons. The maximum absolute atomic E-state index is 12.8. The minimum Gasteiger partial charge on any atom is -0.481 e. The predicted octanol–water partition coefficient (Wildman–Crippen LogP) is 1.07. The van der Waals surface area contributed by atoms with E-state index in [0.29, 0.717) is 11.3 Å². The smallest absolute Gasteiger partial charge is 0.287 e. The second-order valence-corrected chi connectivity index (χ2v) is 4.13. The molecule has 1 aromatic carbocycles. The van der Waals surface area contributed by atoms with Crippen LogP contribution in [0.2, 0.25) is 0 Å². The van der Waals surface area contributed by atoms with Crippen molar-refractivity contribution in [3.05, 3.63) is 29.8 Å². The van der Waals surface area contributed by atoms with Crippen molar-refractivity contribution in [3.63, 3.8) is 0 Å². The van der Waals surface area contributed by atoms with Crippen LogP contribution in [0.25, 0.3) is 0 Å². The second-order valence-electron chi connectivity index (χ2n) is 4.13. The van der Waals surface area contributed by atoms with Gasteiger partial charge in [-0.05, 0) is 31.2 Å². The summed E-state index contributed by atoms with van der Waals surface area (Å²) in [6, 6.07) is 7.97. The van der Waals surface area contributed by atoms with Crippen molar-refractivity contribution in [2.75, 3.05) is 13.2 Å². The summed E-state index contributed by atoms with van der Waals surface area (Å²) < 4.78 is 30.7. The number of nitrogens with one attached hydrogen (secondary N) is 1. The molecule has 0 aliphatic carbocycles. The molecule has 0 aliphatic rings. The number of carbonyl (C=O) groups excluding carboxylic acids is 1. The number of aliphatic hydroxyl groups is 1. The van der Waals surface area contributed by atoms with E-state index >= 15 is 0 Å². The van der Waals surface area contributed by atoms with Crippen LogP contribution >= 0.6 is 0 Å². The van der Waals surface area contributed by atoms with E-state index in [-0.39, 0.29) is 0 Å². The number of halogens is 2. The molecule has 2 N–H and O–H groups in total. The van der Waals surface area contributed by atoms with Gasteiger partial charge in [-0.25, -0.2) is 8.78 Å². The molecule has 0 fully saturated rings. The lowest BCUT2D eigenvalue weighted by Crippen LogP contribution is -2.44. The number of hydrogen-bond acceptors (Lipinski definition) is 4. The number of nitriles is 1. The quantitative estimate of drug-likeness (QED) is 0.818. The lowest BCUT2D eigenvalue weighted by molar-refractivity contribution is -0.130. The summed E-state index contributed by atoms with van der Waals surface area (Å²) >= 11 is 0. The van der Waals surface area contributed by atoms with E-state index in [4.69, 9.17) is 15.1 Å². The molecule has 1 atom stereocenters. The molecular formula is C13H14F2N2O3. The number of rotatable bonds is 6. The fourth-order valence-electron chi connectivity index (χ4n) is 1.28. The van der Waals surface area contributed by atoms with E-state index in [1.54, 1.807) is 0 Å². The van der Waals surface area contributed by atoms with E-state index in [2.05, 4.69) is 0 Å². The summed E-state index contributed by atoms with van der Waals surface area (Å²) in [4.78, 5) is 11.5. The number of ether oxygens (including phenoxy) is 1. The molecule has 1 amide bonds. The molecule has 0 bridgehead atoms. The Labute approximate surface area is 114 Å². The van der Waals surface area contributed by atoms with Gasteiger partial charge in [-0.2, -0.15) is 5.26 Å². The molecule has 1 unspecified atom stereocenters. The molecule has 0 heterocycles. The van der Waals surface area contributed by atoms with Gasteiger partial charge in [0.25, 0.3) is 11.8 Å². The molecule has 0 radical (unpaired) electrons. The van der Waals surface area contributed by atoms with Crippen molar-refractivity contribution < 1.29 is 23.4 Å². The topological polar surface area (TPSA) is 82.3 Å². The normalized spacial score (nSPS) is 12.3. The highest BCUT2D eigenvalue weighted by Crippen LogP contribution is 2.14. The van der Waals surface area contributed by atoms with Crippen molar-refractivity contribution >= 4 is 5.91 Å². The van der Waals surface area contributed by atoms with E-state index in [1.807, 2.05) is 11.4 Å². The average molecular weight is 284 g/mol. The third-order valence-electron chi connectivity index (χ3n) is 2.42. The van der Waals surface area contributed by atoms with Crippen LogP contribution in [-0.4, -0.2) is 36.2 Å². The van der Waals surface area contributed by atoms with Crippen LogP contribution in [0, 0.1) is 11.3 Å². The Balaban J connectivity index is 2.51. The molecule has 0 aliphatic heterocycles. The summed E-state index contributed by atoms with van der Waals surface area (Å²) in [5.41, 5.74) is 0.442. The van der Waals surface area contributed by atoms with Crippen molar-refractivity contribution in [1.29, 1.82) is 5.26 Å². The molecule has 1 aromatic rings. The Bertz CT molecular complexity index is 497. The van der Waals surface area contributed by atoms with Gasteiger partial charge in [-0.15, -0.1) is 0 Å². The second kappa shape index (κ2) is 6.82. The number of hydrogen-bond donors (Lipinski definition) is 2. The van der Waals surface area contributed by atoms with Crippen LogP contribution in [0.1, 0.15) is 12.5 Å². The maximum atomic E-state index is 12.8. The van der Waals surface area contributed by atoms with Gasteiger partial charge in [0.05, 0.1) is 18.2 Å². The third kappa shape index (κ3) is 4.82. The number of aliphatic hydroxyl groups excluding tert-OH is 1. The number of amides is 1. The molecular weight excluding hydrogens is 270 g/mol. The molecule has 0 saturated heterocycles. The molecule has 20 heavy (non-hydrogen) atoms. The highest BCUT2D eigenvalue weighted by atomic mass is 19.3. The average Bonchev–Trinajstić information content (AvgIpc) is 2.45. The van der Waals surface area contributed by atoms with Gasteiger partial charge in [0.1, 0.15) is 12.4 Å². The SMILES string of the molecule is CC(Oc1ccc(C#N)cc1)C(=O)NCC(F)(F)CO. The number of nitrogens with zero attached hydrogens (tertiary/aromatic N) is 1. The summed E-state index contributed by atoms with van der Waals surface area (Å²) in [6.07, 6.45) is -0.975. The van der Waals surface area contributed by atoms with Crippen LogP contribution in [-0.2, 0) is 4.79 Å². The first kappa shape index (κ1) is 15.9. The van der Waals surface area contributed by atoms with Crippen LogP contribution in [0.3, 0.4) is 0 Å². The highest BCUT2D eigenvalue weighted by Gasteiger charge is 2.29. The fraction of sp³-hybridized carbons (Fsp3) is 0.385. The zero-order valence-corrected chi connectivity index (χ0v) is 10.8. The van der Waals surface area contributed by atoms with Gasteiger partial charge in [-0.1, -0.05) is 0 Å². The Morgan fingerprint density at radius 1 is 1.50 bits per heavy atom. The predicted molar refractivity (Wildman–Crippen MR) is 66.3 cm³/mol. The first-order chi connectivity index (χ1) is 9.38. The van der Waals surface area contributed by atoms with E-state index in [9.17, 15) is 13.6 Å². The van der Waals surface area contributed by atoms with Gasteiger partial charge in [-0.3, -0.25) is 4.79 Å². The standard InChI is InChI=1S/C13H14F2N2O3/c1-9(12(19)17-7-13(14,15)8-18)20-11-4-2-10(6-16)3-5-11/h2-5,9,18H,7-8H2,1H3,(H,17,19). The van der Waals surface area contributed by atoms with Crippen molar-refractivity contribution in [1.82, 2.24) is 5.32 Å². The van der Waals surface area contributed by atoms with Crippen LogP contribution in [0.15, 0.2) is 24.3 Å². The highest BCUT2D eigenvalue weighted by molar-refractivity contribution is 5.80. The fourth-order valence-corrected chi connectivity index (χ4v) is 1.28. The molecule has 0 saturated carbocycles. The van der Waals surface area contributed by atoms with E-state index < -0.39 is 31.1 Å². The minimum absolute atomic E-state index is 0.348. The van der Waals surface area contributed by atoms with Crippen LogP contribution in [0.5, 0.6) is 5.75 Å². The Morgan fingerprint density at radius 3 is 2.60 bits per heavy atom. The molecule has 7 heteroatoms. The summed E-state index contributed by atoms with van der Waals surface area (Å²) in [6.45, 7) is -0.883. The summed E-state index contributed by atoms with van der Waals surface area (Å²) in [5, 5.41) is 19.0. The minimum atomic E-state index is -3.36. The van der Waals surface area contributed by atoms with Crippen LogP contribution < -0.4 is 10.1 Å². The van der Waals surface area contributed by atoms with Gasteiger partial charge in [0, 0.05) is 0 Å². The first-order valence-electron chi connectivity index (χ1n) is 5.81. The Morgan fingerprint density at radius 2 is 2.10 bits per heavy atom. The van der Waals surface area contributed by atoms with Crippen molar-refractivity contribution in [2.45, 2.75) is 19.0 Å². The molecule has 1 rings (SSSR count). The number of carbonyl (C=O) groups is 1. The lowest BCUT2D eigenvalue weighted by atomic mass is 10.2. The third-order valence-corrected chi connectivity index (χ3v) is 2.42. The summed E-state index contributed by atoms with van der Waals surface area (Å²) in [5.74, 6) is -3.73. The molecule has 0 spiro atoms. The van der Waals surface area contributed by atoms with E-state index in [1.165, 1.54) is 31.2 Å². The largest absolute Gasteiger partial charge is 0.481 e. The Kier molecular flexibility index (Phi) is 5.41. The van der Waals surface area contributed by atoms with Gasteiger partial charge in [0.15, 0.2) is 6.10 Å². The van der Waals surface area contributed by atoms with Crippen LogP contribution in [0.4, 0.5) is 8.78 Å². The van der Waals surface area contributed by atoms with Crippen molar-refractivity contribution in [2.24, 2.45) is 0 Å². The first-order valence-corrected chi connectivity index (χ1v) is 5.81. The van der Waals surface area contributed by atoms with Gasteiger partial charge >= 0.3 is 0 Å². The molecule has 5 nitrogen and oxygen atoms in total. The Hall–Kier alpha value is -2.20. The molecule has 0 aromatic heterocycles. The number of benzene rings is 1. The monoisotopic (exact) mass is 284 g/mol. The summed E-state index contributed by atoms with van der Waals surface area (Å²) in [7, 11) is 0.